The maximum atomic E-state index is 10.6. The molecule has 0 radical (unpaired) electrons. The molecular weight excluding hydrogens is 226 g/mol. The molecule has 0 saturated heterocycles. The van der Waals surface area contributed by atoms with Crippen LogP contribution in [0, 0.1) is 10.1 Å². The Balaban J connectivity index is 3.40. The molecule has 0 saturated carbocycles. The van der Waals surface area contributed by atoms with Crippen LogP contribution in [0.2, 0.25) is 0 Å². The van der Waals surface area contributed by atoms with E-state index in [1.807, 2.05) is 0 Å². The molecule has 1 atom stereocenters. The number of nitro groups is 1. The lowest BCUT2D eigenvalue weighted by atomic mass is 10.2. The molecule has 0 aliphatic carbocycles. The van der Waals surface area contributed by atoms with E-state index in [0.717, 1.165) is 12.1 Å². The Bertz CT molecular complexity index is 457. The van der Waals surface area contributed by atoms with Gasteiger partial charge in [-0.3, -0.25) is 14.3 Å². The zero-order valence-corrected chi connectivity index (χ0v) is 7.89. The Kier molecular flexibility index (Phi) is 3.12. The van der Waals surface area contributed by atoms with Crippen molar-refractivity contribution >= 4 is 22.7 Å². The average molecular weight is 230 g/mol. The highest BCUT2D eigenvalue weighted by atomic mass is 32.2. The lowest BCUT2D eigenvalue weighted by molar-refractivity contribution is -0.384. The molecule has 0 aliphatic heterocycles. The third kappa shape index (κ3) is 2.36. The molecule has 0 fully saturated rings. The lowest BCUT2D eigenvalue weighted by Gasteiger charge is -2.07. The number of benzene rings is 1. The van der Waals surface area contributed by atoms with E-state index in [1.54, 1.807) is 0 Å². The Labute approximate surface area is 85.8 Å². The highest BCUT2D eigenvalue weighted by molar-refractivity contribution is 7.79. The smallest absolute Gasteiger partial charge is 0.337 e. The number of nitrogens with zero attached hydrogens (tertiary/aromatic N) is 1. The van der Waals surface area contributed by atoms with E-state index in [4.69, 9.17) is 5.11 Å². The number of carbonyl (C=O) groups is 1. The van der Waals surface area contributed by atoms with Crippen molar-refractivity contribution in [2.45, 2.75) is 4.90 Å². The van der Waals surface area contributed by atoms with E-state index >= 15 is 0 Å². The topological polar surface area (TPSA) is 121 Å². The third-order valence-electron chi connectivity index (χ3n) is 1.58. The molecule has 0 heterocycles. The van der Waals surface area contributed by atoms with Crippen LogP contribution in [0.5, 0.6) is 0 Å². The first-order chi connectivity index (χ1) is 6.93. The molecule has 15 heavy (non-hydrogen) atoms. The second kappa shape index (κ2) is 4.15. The molecule has 0 aliphatic rings. The van der Waals surface area contributed by atoms with Crippen molar-refractivity contribution in [2.75, 3.05) is 0 Å². The number of nitro benzene ring substituents is 1. The van der Waals surface area contributed by atoms with Crippen molar-refractivity contribution in [1.29, 1.82) is 0 Å². The minimum atomic E-state index is -2.74. The fourth-order valence-electron chi connectivity index (χ4n) is 0.944. The average Bonchev–Trinajstić information content (AvgIpc) is 2.16. The number of hydrogen-bond acceptors (Lipinski definition) is 5. The molecule has 0 spiro atoms. The monoisotopic (exact) mass is 230 g/mol. The Morgan fingerprint density at radius 1 is 1.47 bits per heavy atom. The van der Waals surface area contributed by atoms with Gasteiger partial charge in [0.05, 0.1) is 10.5 Å². The van der Waals surface area contributed by atoms with Gasteiger partial charge in [0.15, 0.2) is 0 Å². The molecule has 7 nitrogen and oxygen atoms in total. The number of non-ortho nitro benzene ring substituents is 1. The summed E-state index contributed by atoms with van der Waals surface area (Å²) in [4.78, 5) is 19.6. The van der Waals surface area contributed by atoms with Gasteiger partial charge >= 0.3 is 5.97 Å². The summed E-state index contributed by atoms with van der Waals surface area (Å²) in [5, 5.41) is 18.9. The zero-order valence-electron chi connectivity index (χ0n) is 7.08. The fraction of sp³-hybridized carbons (Fsp3) is 0. The maximum absolute atomic E-state index is 10.6. The maximum Gasteiger partial charge on any atom is 0.337 e. The van der Waals surface area contributed by atoms with E-state index in [-0.39, 0.29) is 0 Å². The zero-order chi connectivity index (χ0) is 11.6. The van der Waals surface area contributed by atoms with Crippen LogP contribution >= 0.6 is 0 Å². The Morgan fingerprint density at radius 3 is 2.47 bits per heavy atom. The van der Waals surface area contributed by atoms with E-state index in [9.17, 15) is 23.7 Å². The third-order valence-corrected chi connectivity index (χ3v) is 2.30. The lowest BCUT2D eigenvalue weighted by Crippen LogP contribution is -2.05. The van der Waals surface area contributed by atoms with Gasteiger partial charge in [0.1, 0.15) is 0 Å². The molecular formula is C7H4NO6S-. The number of carboxylic acid groups (broad SMARTS) is 1. The second-order valence-corrected chi connectivity index (χ2v) is 3.39. The summed E-state index contributed by atoms with van der Waals surface area (Å²) in [7, 11) is 0. The predicted octanol–water partition coefficient (Wildman–Crippen LogP) is 0.531. The first-order valence-electron chi connectivity index (χ1n) is 3.54. The minimum Gasteiger partial charge on any atom is -0.768 e. The first-order valence-corrected chi connectivity index (χ1v) is 4.62. The largest absolute Gasteiger partial charge is 0.768 e. The predicted molar refractivity (Wildman–Crippen MR) is 47.2 cm³/mol. The Morgan fingerprint density at radius 2 is 2.07 bits per heavy atom. The van der Waals surface area contributed by atoms with Gasteiger partial charge in [-0.2, -0.15) is 0 Å². The normalized spacial score (nSPS) is 12.1. The van der Waals surface area contributed by atoms with Crippen LogP contribution in [0.15, 0.2) is 23.1 Å². The van der Waals surface area contributed by atoms with Crippen molar-refractivity contribution in [1.82, 2.24) is 0 Å². The van der Waals surface area contributed by atoms with Crippen LogP contribution < -0.4 is 0 Å². The standard InChI is InChI=1S/C7H5NO6S/c9-7(10)5-3-4(8(11)12)1-2-6(5)15(13)14/h1-3H,(H,9,10)(H,13,14)/p-1. The number of hydrogen-bond donors (Lipinski definition) is 1. The van der Waals surface area contributed by atoms with Crippen molar-refractivity contribution in [3.05, 3.63) is 33.9 Å². The van der Waals surface area contributed by atoms with Gasteiger partial charge in [0.2, 0.25) is 0 Å². The molecule has 1 aromatic carbocycles. The van der Waals surface area contributed by atoms with E-state index in [2.05, 4.69) is 0 Å². The van der Waals surface area contributed by atoms with Gasteiger partial charge in [0.25, 0.3) is 5.69 Å². The number of carboxylic acids is 1. The highest BCUT2D eigenvalue weighted by Gasteiger charge is 2.16. The van der Waals surface area contributed by atoms with Gasteiger partial charge in [-0.1, -0.05) is 0 Å². The van der Waals surface area contributed by atoms with Gasteiger partial charge in [0, 0.05) is 17.0 Å². The summed E-state index contributed by atoms with van der Waals surface area (Å²) in [5.41, 5.74) is -1.08. The highest BCUT2D eigenvalue weighted by Crippen LogP contribution is 2.19. The quantitative estimate of drug-likeness (QED) is 0.459. The minimum absolute atomic E-state index is 0.471. The summed E-state index contributed by atoms with van der Waals surface area (Å²) in [6.45, 7) is 0. The van der Waals surface area contributed by atoms with Crippen LogP contribution in [0.25, 0.3) is 0 Å². The van der Waals surface area contributed by atoms with Gasteiger partial charge in [-0.15, -0.1) is 0 Å². The van der Waals surface area contributed by atoms with Gasteiger partial charge < -0.3 is 9.66 Å². The SMILES string of the molecule is O=C(O)c1cc([N+](=O)[O-])ccc1S(=O)[O-]. The molecule has 1 aromatic rings. The number of aromatic carboxylic acids is 1. The number of rotatable bonds is 3. The van der Waals surface area contributed by atoms with E-state index < -0.39 is 38.1 Å². The van der Waals surface area contributed by atoms with Crippen LogP contribution in [0.4, 0.5) is 5.69 Å². The fourth-order valence-corrected chi connectivity index (χ4v) is 1.45. The molecule has 1 rings (SSSR count). The van der Waals surface area contributed by atoms with Crippen molar-refractivity contribution < 1.29 is 23.6 Å². The molecule has 1 N–H and O–H groups in total. The van der Waals surface area contributed by atoms with Crippen LogP contribution in [-0.4, -0.2) is 24.8 Å². The molecule has 0 amide bonds. The molecule has 1 unspecified atom stereocenters. The van der Waals surface area contributed by atoms with Gasteiger partial charge in [-0.25, -0.2) is 4.79 Å². The summed E-state index contributed by atoms with van der Waals surface area (Å²) < 4.78 is 21.1. The molecule has 8 heteroatoms. The van der Waals surface area contributed by atoms with Crippen LogP contribution in [0.3, 0.4) is 0 Å². The van der Waals surface area contributed by atoms with E-state index in [1.165, 1.54) is 0 Å². The van der Waals surface area contributed by atoms with Crippen LogP contribution in [0.1, 0.15) is 10.4 Å². The second-order valence-electron chi connectivity index (χ2n) is 2.48. The van der Waals surface area contributed by atoms with Crippen LogP contribution in [-0.2, 0) is 11.1 Å². The summed E-state index contributed by atoms with van der Waals surface area (Å²) >= 11 is -2.74. The first kappa shape index (κ1) is 11.3. The van der Waals surface area contributed by atoms with Crippen molar-refractivity contribution in [3.63, 3.8) is 0 Å². The van der Waals surface area contributed by atoms with Crippen molar-refractivity contribution in [3.8, 4) is 0 Å². The Hall–Kier alpha value is -1.80. The van der Waals surface area contributed by atoms with E-state index in [0.29, 0.717) is 6.07 Å². The van der Waals surface area contributed by atoms with Crippen molar-refractivity contribution in [2.24, 2.45) is 0 Å². The molecule has 80 valence electrons. The summed E-state index contributed by atoms with van der Waals surface area (Å²) in [5.74, 6) is -1.53. The van der Waals surface area contributed by atoms with Gasteiger partial charge in [-0.05, 0) is 17.1 Å². The summed E-state index contributed by atoms with van der Waals surface area (Å²) in [6, 6.07) is 2.51. The molecule has 0 aromatic heterocycles. The molecule has 0 bridgehead atoms. The summed E-state index contributed by atoms with van der Waals surface area (Å²) in [6.07, 6.45) is 0.